The number of carbonyl (C=O) groups is 1. The van der Waals surface area contributed by atoms with E-state index in [9.17, 15) is 4.79 Å². The van der Waals surface area contributed by atoms with E-state index in [-0.39, 0.29) is 18.2 Å². The van der Waals surface area contributed by atoms with Crippen LogP contribution in [0.4, 0.5) is 0 Å². The van der Waals surface area contributed by atoms with Crippen LogP contribution >= 0.6 is 0 Å². The lowest BCUT2D eigenvalue weighted by molar-refractivity contribution is -0.244. The van der Waals surface area contributed by atoms with Crippen LogP contribution in [0.25, 0.3) is 0 Å². The third-order valence-corrected chi connectivity index (χ3v) is 4.15. The van der Waals surface area contributed by atoms with Gasteiger partial charge < -0.3 is 28.4 Å². The SMILES string of the molecule is CCCC(=O)O[C@H]1O[C@H]([C@@H]2COC(C)(C)O2)[C@@H]2OC(C)(C)O[C@@H]12. The average Bonchev–Trinajstić information content (AvgIpc) is 3.02. The summed E-state index contributed by atoms with van der Waals surface area (Å²) in [6.07, 6.45) is -1.21. The molecule has 3 heterocycles. The number of rotatable bonds is 4. The van der Waals surface area contributed by atoms with E-state index >= 15 is 0 Å². The van der Waals surface area contributed by atoms with E-state index in [1.165, 1.54) is 0 Å². The molecule has 0 spiro atoms. The van der Waals surface area contributed by atoms with Gasteiger partial charge in [-0.15, -0.1) is 0 Å². The second kappa shape index (κ2) is 5.97. The van der Waals surface area contributed by atoms with Crippen LogP contribution in [0.2, 0.25) is 0 Å². The Bertz CT molecular complexity index is 461. The molecule has 7 heteroatoms. The number of hydrogen-bond acceptors (Lipinski definition) is 7. The molecule has 0 unspecified atom stereocenters. The van der Waals surface area contributed by atoms with Gasteiger partial charge in [-0.25, -0.2) is 0 Å². The summed E-state index contributed by atoms with van der Waals surface area (Å²) in [5, 5.41) is 0. The topological polar surface area (TPSA) is 72.5 Å². The minimum atomic E-state index is -0.780. The van der Waals surface area contributed by atoms with E-state index in [0.717, 1.165) is 6.42 Å². The predicted octanol–water partition coefficient (Wildman–Crippen LogP) is 1.73. The van der Waals surface area contributed by atoms with Gasteiger partial charge >= 0.3 is 5.97 Å². The molecule has 3 saturated heterocycles. The molecular formula is C16H26O7. The first-order valence-corrected chi connectivity index (χ1v) is 8.23. The van der Waals surface area contributed by atoms with Gasteiger partial charge in [0, 0.05) is 6.42 Å². The van der Waals surface area contributed by atoms with Crippen molar-refractivity contribution in [1.82, 2.24) is 0 Å². The lowest BCUT2D eigenvalue weighted by Gasteiger charge is -2.26. The minimum absolute atomic E-state index is 0.287. The van der Waals surface area contributed by atoms with Crippen molar-refractivity contribution >= 4 is 5.97 Å². The molecule has 0 aliphatic carbocycles. The Morgan fingerprint density at radius 3 is 2.35 bits per heavy atom. The van der Waals surface area contributed by atoms with Gasteiger partial charge in [0.15, 0.2) is 17.7 Å². The number of esters is 1. The summed E-state index contributed by atoms with van der Waals surface area (Å²) in [6, 6.07) is 0. The van der Waals surface area contributed by atoms with Gasteiger partial charge in [-0.1, -0.05) is 6.92 Å². The largest absolute Gasteiger partial charge is 0.433 e. The summed E-state index contributed by atoms with van der Waals surface area (Å²) in [7, 11) is 0. The Morgan fingerprint density at radius 2 is 1.74 bits per heavy atom. The van der Waals surface area contributed by atoms with Crippen LogP contribution in [0.1, 0.15) is 47.5 Å². The highest BCUT2D eigenvalue weighted by Crippen LogP contribution is 2.42. The maximum atomic E-state index is 11.8. The van der Waals surface area contributed by atoms with E-state index in [1.54, 1.807) is 0 Å². The van der Waals surface area contributed by atoms with Crippen molar-refractivity contribution in [2.45, 2.75) is 89.7 Å². The molecule has 0 amide bonds. The molecule has 0 saturated carbocycles. The van der Waals surface area contributed by atoms with Crippen molar-refractivity contribution in [3.05, 3.63) is 0 Å². The van der Waals surface area contributed by atoms with Crippen LogP contribution < -0.4 is 0 Å². The normalized spacial score (nSPS) is 41.0. The van der Waals surface area contributed by atoms with Crippen LogP contribution in [-0.2, 0) is 33.2 Å². The van der Waals surface area contributed by atoms with Crippen LogP contribution in [-0.4, -0.2) is 54.9 Å². The zero-order chi connectivity index (χ0) is 16.8. The Kier molecular flexibility index (Phi) is 4.44. The maximum absolute atomic E-state index is 11.8. The molecule has 23 heavy (non-hydrogen) atoms. The van der Waals surface area contributed by atoms with Gasteiger partial charge in [0.1, 0.15) is 18.3 Å². The van der Waals surface area contributed by atoms with Crippen molar-refractivity contribution < 1.29 is 33.2 Å². The number of carbonyl (C=O) groups excluding carboxylic acids is 1. The Hall–Kier alpha value is -0.730. The van der Waals surface area contributed by atoms with Gasteiger partial charge in [0.25, 0.3) is 0 Å². The van der Waals surface area contributed by atoms with Gasteiger partial charge in [0.2, 0.25) is 6.29 Å². The summed E-state index contributed by atoms with van der Waals surface area (Å²) in [4.78, 5) is 11.8. The fraction of sp³-hybridized carbons (Fsp3) is 0.938. The highest BCUT2D eigenvalue weighted by molar-refractivity contribution is 5.69. The minimum Gasteiger partial charge on any atom is -0.433 e. The Morgan fingerprint density at radius 1 is 1.04 bits per heavy atom. The van der Waals surface area contributed by atoms with Crippen LogP contribution in [0.5, 0.6) is 0 Å². The van der Waals surface area contributed by atoms with Gasteiger partial charge in [0.05, 0.1) is 6.61 Å². The smallest absolute Gasteiger partial charge is 0.308 e. The first-order chi connectivity index (χ1) is 10.7. The number of hydrogen-bond donors (Lipinski definition) is 0. The molecular weight excluding hydrogens is 304 g/mol. The molecule has 0 aromatic heterocycles. The van der Waals surface area contributed by atoms with E-state index in [0.29, 0.717) is 13.0 Å². The summed E-state index contributed by atoms with van der Waals surface area (Å²) in [5.74, 6) is -1.70. The number of fused-ring (bicyclic) bond motifs is 1. The predicted molar refractivity (Wildman–Crippen MR) is 78.4 cm³/mol. The average molecular weight is 330 g/mol. The van der Waals surface area contributed by atoms with Crippen molar-refractivity contribution in [1.29, 1.82) is 0 Å². The molecule has 0 N–H and O–H groups in total. The quantitative estimate of drug-likeness (QED) is 0.727. The van der Waals surface area contributed by atoms with Crippen molar-refractivity contribution in [2.75, 3.05) is 6.61 Å². The van der Waals surface area contributed by atoms with E-state index in [1.807, 2.05) is 34.6 Å². The standard InChI is InChI=1S/C16H26O7/c1-6-7-10(17)19-14-13-12(22-16(4,5)23-13)11(20-14)9-8-18-15(2,3)21-9/h9,11-14H,6-8H2,1-5H3/t9-,11+,12-,13+,14-/m0/s1. The van der Waals surface area contributed by atoms with Crippen LogP contribution in [0.3, 0.4) is 0 Å². The summed E-state index contributed by atoms with van der Waals surface area (Å²) in [6.45, 7) is 9.71. The lowest BCUT2D eigenvalue weighted by Crippen LogP contribution is -2.40. The fourth-order valence-corrected chi connectivity index (χ4v) is 3.26. The third kappa shape index (κ3) is 3.53. The molecule has 0 aromatic carbocycles. The van der Waals surface area contributed by atoms with Crippen molar-refractivity contribution in [3.8, 4) is 0 Å². The first kappa shape index (κ1) is 17.1. The van der Waals surface area contributed by atoms with Crippen molar-refractivity contribution in [2.24, 2.45) is 0 Å². The summed E-state index contributed by atoms with van der Waals surface area (Å²) >= 11 is 0. The third-order valence-electron chi connectivity index (χ3n) is 4.15. The zero-order valence-electron chi connectivity index (χ0n) is 14.4. The van der Waals surface area contributed by atoms with Crippen molar-refractivity contribution in [3.63, 3.8) is 0 Å². The fourth-order valence-electron chi connectivity index (χ4n) is 3.26. The molecule has 3 fully saturated rings. The second-order valence-electron chi connectivity index (χ2n) is 7.14. The Balaban J connectivity index is 1.73. The zero-order valence-corrected chi connectivity index (χ0v) is 14.4. The van der Waals surface area contributed by atoms with E-state index in [2.05, 4.69) is 0 Å². The van der Waals surface area contributed by atoms with Crippen LogP contribution in [0.15, 0.2) is 0 Å². The molecule has 0 bridgehead atoms. The van der Waals surface area contributed by atoms with Crippen LogP contribution in [0, 0.1) is 0 Å². The van der Waals surface area contributed by atoms with Gasteiger partial charge in [-0.05, 0) is 34.1 Å². The molecule has 3 rings (SSSR count). The monoisotopic (exact) mass is 330 g/mol. The van der Waals surface area contributed by atoms with E-state index < -0.39 is 30.1 Å². The summed E-state index contributed by atoms with van der Waals surface area (Å²) in [5.41, 5.74) is 0. The Labute approximate surface area is 136 Å². The molecule has 3 aliphatic heterocycles. The lowest BCUT2D eigenvalue weighted by atomic mass is 10.1. The molecule has 7 nitrogen and oxygen atoms in total. The number of ether oxygens (including phenoxy) is 6. The highest BCUT2D eigenvalue weighted by Gasteiger charge is 2.60. The second-order valence-corrected chi connectivity index (χ2v) is 7.14. The first-order valence-electron chi connectivity index (χ1n) is 8.23. The molecule has 0 aromatic rings. The van der Waals surface area contributed by atoms with E-state index in [4.69, 9.17) is 28.4 Å². The van der Waals surface area contributed by atoms with Gasteiger partial charge in [-0.2, -0.15) is 0 Å². The highest BCUT2D eigenvalue weighted by atomic mass is 16.8. The molecule has 132 valence electrons. The molecule has 0 radical (unpaired) electrons. The maximum Gasteiger partial charge on any atom is 0.308 e. The van der Waals surface area contributed by atoms with Gasteiger partial charge in [-0.3, -0.25) is 4.79 Å². The summed E-state index contributed by atoms with van der Waals surface area (Å²) < 4.78 is 34.7. The molecule has 5 atom stereocenters. The molecule has 3 aliphatic rings.